The van der Waals surface area contributed by atoms with E-state index in [-0.39, 0.29) is 12.5 Å². The normalized spacial score (nSPS) is 23.0. The van der Waals surface area contributed by atoms with Crippen LogP contribution >= 0.6 is 0 Å². The third-order valence-electron chi connectivity index (χ3n) is 3.19. The lowest BCUT2D eigenvalue weighted by molar-refractivity contribution is -0.131. The Kier molecular flexibility index (Phi) is 3.84. The molecule has 3 N–H and O–H groups in total. The summed E-state index contributed by atoms with van der Waals surface area (Å²) >= 11 is 0. The Morgan fingerprint density at radius 1 is 1.63 bits per heavy atom. The Bertz CT molecular complexity index is 477. The van der Waals surface area contributed by atoms with Crippen molar-refractivity contribution in [1.82, 2.24) is 9.78 Å². The van der Waals surface area contributed by atoms with Gasteiger partial charge in [-0.15, -0.1) is 0 Å². The van der Waals surface area contributed by atoms with Crippen LogP contribution in [0.1, 0.15) is 19.8 Å². The molecule has 19 heavy (non-hydrogen) atoms. The first-order valence-electron chi connectivity index (χ1n) is 6.19. The molecule has 1 fully saturated rings. The van der Waals surface area contributed by atoms with Gasteiger partial charge in [-0.25, -0.2) is 0 Å². The largest absolute Gasteiger partial charge is 0.380 e. The number of hydrogen-bond acceptors (Lipinski definition) is 4. The fourth-order valence-corrected chi connectivity index (χ4v) is 2.07. The van der Waals surface area contributed by atoms with Crippen molar-refractivity contribution in [3.05, 3.63) is 12.4 Å². The third-order valence-corrected chi connectivity index (χ3v) is 3.19. The molecule has 0 spiro atoms. The number of carbonyl (C=O) groups is 2. The number of rotatable bonds is 4. The number of anilines is 1. The lowest BCUT2D eigenvalue weighted by Gasteiger charge is -2.31. The van der Waals surface area contributed by atoms with E-state index in [9.17, 15) is 9.59 Å². The van der Waals surface area contributed by atoms with Crippen LogP contribution < -0.4 is 11.1 Å². The second-order valence-corrected chi connectivity index (χ2v) is 5.06. The number of primary amides is 1. The highest BCUT2D eigenvalue weighted by Crippen LogP contribution is 2.29. The zero-order valence-electron chi connectivity index (χ0n) is 10.9. The van der Waals surface area contributed by atoms with E-state index in [1.807, 2.05) is 6.92 Å². The maximum absolute atomic E-state index is 12.2. The van der Waals surface area contributed by atoms with Gasteiger partial charge in [-0.05, 0) is 19.8 Å². The van der Waals surface area contributed by atoms with Crippen molar-refractivity contribution in [2.24, 2.45) is 11.1 Å². The van der Waals surface area contributed by atoms with Crippen molar-refractivity contribution in [3.8, 4) is 0 Å². The molecule has 1 atom stereocenters. The number of nitrogens with zero attached hydrogens (tertiary/aromatic N) is 2. The number of nitrogens with one attached hydrogen (secondary N) is 1. The summed E-state index contributed by atoms with van der Waals surface area (Å²) in [6, 6.07) is 0. The van der Waals surface area contributed by atoms with E-state index in [1.165, 1.54) is 10.9 Å². The van der Waals surface area contributed by atoms with Gasteiger partial charge in [0.2, 0.25) is 11.8 Å². The second-order valence-electron chi connectivity index (χ2n) is 5.06. The van der Waals surface area contributed by atoms with E-state index >= 15 is 0 Å². The highest BCUT2D eigenvalue weighted by Gasteiger charge is 2.35. The molecule has 7 heteroatoms. The summed E-state index contributed by atoms with van der Waals surface area (Å²) < 4.78 is 6.75. The van der Waals surface area contributed by atoms with Crippen molar-refractivity contribution in [3.63, 3.8) is 0 Å². The lowest BCUT2D eigenvalue weighted by atomic mass is 9.84. The Morgan fingerprint density at radius 2 is 2.42 bits per heavy atom. The topological polar surface area (TPSA) is 99.2 Å². The van der Waals surface area contributed by atoms with Crippen LogP contribution in [0, 0.1) is 5.41 Å². The van der Waals surface area contributed by atoms with Gasteiger partial charge in [-0.2, -0.15) is 5.10 Å². The highest BCUT2D eigenvalue weighted by atomic mass is 16.5. The first-order valence-corrected chi connectivity index (χ1v) is 6.19. The van der Waals surface area contributed by atoms with E-state index in [2.05, 4.69) is 10.4 Å². The summed E-state index contributed by atoms with van der Waals surface area (Å²) in [7, 11) is 0. The van der Waals surface area contributed by atoms with E-state index in [0.29, 0.717) is 18.9 Å². The van der Waals surface area contributed by atoms with E-state index in [1.54, 1.807) is 6.20 Å². The highest BCUT2D eigenvalue weighted by molar-refractivity contribution is 5.95. The van der Waals surface area contributed by atoms with Crippen molar-refractivity contribution < 1.29 is 14.3 Å². The molecule has 1 unspecified atom stereocenters. The molecule has 0 saturated carbocycles. The van der Waals surface area contributed by atoms with Crippen molar-refractivity contribution >= 4 is 17.5 Å². The van der Waals surface area contributed by atoms with Gasteiger partial charge in [0.1, 0.15) is 6.54 Å². The molecular formula is C12H18N4O3. The van der Waals surface area contributed by atoms with E-state index < -0.39 is 11.3 Å². The molecule has 0 aliphatic carbocycles. The van der Waals surface area contributed by atoms with Gasteiger partial charge in [0, 0.05) is 12.8 Å². The van der Waals surface area contributed by atoms with Gasteiger partial charge in [0.15, 0.2) is 0 Å². The summed E-state index contributed by atoms with van der Waals surface area (Å²) in [6.45, 7) is 3.01. The number of aromatic nitrogens is 2. The SMILES string of the molecule is CC1(C(=O)Nc2cnn(CC(N)=O)c2)CCCOC1. The first kappa shape index (κ1) is 13.5. The molecule has 7 nitrogen and oxygen atoms in total. The Balaban J connectivity index is 1.98. The zero-order valence-corrected chi connectivity index (χ0v) is 10.9. The molecule has 2 rings (SSSR count). The molecule has 0 aromatic carbocycles. The van der Waals surface area contributed by atoms with Gasteiger partial charge < -0.3 is 15.8 Å². The summed E-state index contributed by atoms with van der Waals surface area (Å²) in [4.78, 5) is 23.0. The predicted octanol–water partition coefficient (Wildman–Crippen LogP) is 0.124. The summed E-state index contributed by atoms with van der Waals surface area (Å²) in [5.74, 6) is -0.570. The number of carbonyl (C=O) groups excluding carboxylic acids is 2. The summed E-state index contributed by atoms with van der Waals surface area (Å²) in [6.07, 6.45) is 4.75. The maximum atomic E-state index is 12.2. The average molecular weight is 266 g/mol. The molecule has 0 bridgehead atoms. The van der Waals surface area contributed by atoms with Crippen LogP contribution in [-0.2, 0) is 20.9 Å². The minimum absolute atomic E-state index is 0.00372. The number of amides is 2. The zero-order chi connectivity index (χ0) is 13.9. The average Bonchev–Trinajstić information content (AvgIpc) is 2.76. The Morgan fingerprint density at radius 3 is 3.05 bits per heavy atom. The fraction of sp³-hybridized carbons (Fsp3) is 0.583. The van der Waals surface area contributed by atoms with Gasteiger partial charge in [-0.1, -0.05) is 0 Å². The van der Waals surface area contributed by atoms with Gasteiger partial charge >= 0.3 is 0 Å². The van der Waals surface area contributed by atoms with Crippen LogP contribution in [0.4, 0.5) is 5.69 Å². The van der Waals surface area contributed by atoms with E-state index in [4.69, 9.17) is 10.5 Å². The van der Waals surface area contributed by atoms with Gasteiger partial charge in [0.05, 0.1) is 23.9 Å². The Hall–Kier alpha value is -1.89. The maximum Gasteiger partial charge on any atom is 0.239 e. The molecule has 1 aliphatic heterocycles. The fourth-order valence-electron chi connectivity index (χ4n) is 2.07. The van der Waals surface area contributed by atoms with Crippen LogP contribution in [0.2, 0.25) is 0 Å². The minimum atomic E-state index is -0.510. The van der Waals surface area contributed by atoms with Crippen LogP contribution in [0.5, 0.6) is 0 Å². The summed E-state index contributed by atoms with van der Waals surface area (Å²) in [5.41, 5.74) is 5.11. The molecule has 1 aromatic rings. The lowest BCUT2D eigenvalue weighted by Crippen LogP contribution is -2.40. The van der Waals surface area contributed by atoms with Crippen LogP contribution in [-0.4, -0.2) is 34.8 Å². The number of ether oxygens (including phenoxy) is 1. The van der Waals surface area contributed by atoms with Gasteiger partial charge in [-0.3, -0.25) is 14.3 Å². The standard InChI is InChI=1S/C12H18N4O3/c1-12(3-2-4-19-8-12)11(18)15-9-5-14-16(6-9)7-10(13)17/h5-6H,2-4,7-8H2,1H3,(H2,13,17)(H,15,18). The molecule has 104 valence electrons. The molecule has 2 amide bonds. The summed E-state index contributed by atoms with van der Waals surface area (Å²) in [5, 5.41) is 6.74. The number of hydrogen-bond donors (Lipinski definition) is 2. The molecular weight excluding hydrogens is 248 g/mol. The Labute approximate surface area is 111 Å². The molecule has 0 radical (unpaired) electrons. The van der Waals surface area contributed by atoms with Gasteiger partial charge in [0.25, 0.3) is 0 Å². The van der Waals surface area contributed by atoms with Crippen molar-refractivity contribution in [2.75, 3.05) is 18.5 Å². The molecule has 2 heterocycles. The van der Waals surface area contributed by atoms with Crippen molar-refractivity contribution in [2.45, 2.75) is 26.3 Å². The van der Waals surface area contributed by atoms with Crippen LogP contribution in [0.25, 0.3) is 0 Å². The smallest absolute Gasteiger partial charge is 0.239 e. The van der Waals surface area contributed by atoms with Crippen LogP contribution in [0.3, 0.4) is 0 Å². The predicted molar refractivity (Wildman–Crippen MR) is 68.2 cm³/mol. The molecule has 1 aliphatic rings. The molecule has 1 aromatic heterocycles. The second kappa shape index (κ2) is 5.40. The first-order chi connectivity index (χ1) is 8.99. The van der Waals surface area contributed by atoms with Crippen LogP contribution in [0.15, 0.2) is 12.4 Å². The monoisotopic (exact) mass is 266 g/mol. The van der Waals surface area contributed by atoms with E-state index in [0.717, 1.165) is 12.8 Å². The quantitative estimate of drug-likeness (QED) is 0.808. The third kappa shape index (κ3) is 3.31. The molecule has 1 saturated heterocycles. The van der Waals surface area contributed by atoms with Crippen molar-refractivity contribution in [1.29, 1.82) is 0 Å². The minimum Gasteiger partial charge on any atom is -0.380 e. The number of nitrogens with two attached hydrogens (primary N) is 1.